The summed E-state index contributed by atoms with van der Waals surface area (Å²) in [5.41, 5.74) is 3.23. The van der Waals surface area contributed by atoms with Crippen molar-refractivity contribution in [2.45, 2.75) is 0 Å². The molecule has 7 heteroatoms. The number of halogens is 1. The lowest BCUT2D eigenvalue weighted by molar-refractivity contribution is 0.415. The van der Waals surface area contributed by atoms with E-state index in [4.69, 9.17) is 16.3 Å². The maximum atomic E-state index is 6.06. The molecule has 25 heavy (non-hydrogen) atoms. The van der Waals surface area contributed by atoms with Crippen LogP contribution in [0.25, 0.3) is 22.3 Å². The predicted octanol–water partition coefficient (Wildman–Crippen LogP) is 4.43. The van der Waals surface area contributed by atoms with Crippen molar-refractivity contribution in [3.63, 3.8) is 0 Å². The number of fused-ring (bicyclic) bond motifs is 1. The van der Waals surface area contributed by atoms with E-state index in [9.17, 15) is 0 Å². The van der Waals surface area contributed by atoms with Gasteiger partial charge in [0, 0.05) is 16.3 Å². The molecule has 2 N–H and O–H groups in total. The van der Waals surface area contributed by atoms with Crippen LogP contribution in [0, 0.1) is 0 Å². The molecule has 0 aliphatic rings. The minimum atomic E-state index is 0.588. The highest BCUT2D eigenvalue weighted by molar-refractivity contribution is 6.30. The summed E-state index contributed by atoms with van der Waals surface area (Å²) < 4.78 is 5.21. The summed E-state index contributed by atoms with van der Waals surface area (Å²) in [6, 6.07) is 15.2. The van der Waals surface area contributed by atoms with Crippen LogP contribution in [0.2, 0.25) is 5.02 Å². The van der Waals surface area contributed by atoms with Gasteiger partial charge in [-0.2, -0.15) is 5.10 Å². The zero-order chi connectivity index (χ0) is 17.2. The Morgan fingerprint density at radius 2 is 1.92 bits per heavy atom. The first-order chi connectivity index (χ1) is 12.2. The number of H-pyrrole nitrogens is 1. The molecule has 6 nitrogen and oxygen atoms in total. The molecule has 0 bridgehead atoms. The third kappa shape index (κ3) is 2.99. The van der Waals surface area contributed by atoms with Crippen LogP contribution < -0.4 is 10.1 Å². The van der Waals surface area contributed by atoms with Crippen LogP contribution >= 0.6 is 11.6 Å². The first-order valence-electron chi connectivity index (χ1n) is 7.60. The van der Waals surface area contributed by atoms with Crippen molar-refractivity contribution in [1.82, 2.24) is 20.2 Å². The highest BCUT2D eigenvalue weighted by atomic mass is 35.5. The summed E-state index contributed by atoms with van der Waals surface area (Å²) in [7, 11) is 1.64. The number of aromatic amines is 1. The lowest BCUT2D eigenvalue weighted by Crippen LogP contribution is -1.96. The van der Waals surface area contributed by atoms with Crippen LogP contribution in [0.1, 0.15) is 0 Å². The second-order valence-electron chi connectivity index (χ2n) is 5.38. The Balaban J connectivity index is 1.81. The van der Waals surface area contributed by atoms with Crippen LogP contribution in [-0.2, 0) is 0 Å². The van der Waals surface area contributed by atoms with Gasteiger partial charge in [0.25, 0.3) is 0 Å². The molecule has 0 radical (unpaired) electrons. The van der Waals surface area contributed by atoms with E-state index in [1.54, 1.807) is 7.11 Å². The summed E-state index contributed by atoms with van der Waals surface area (Å²) in [4.78, 5) is 8.61. The number of aromatic nitrogens is 4. The Bertz CT molecular complexity index is 1030. The monoisotopic (exact) mass is 351 g/mol. The first kappa shape index (κ1) is 15.4. The molecule has 0 fully saturated rings. The molecule has 2 aromatic heterocycles. The molecule has 0 spiro atoms. The number of anilines is 2. The molecule has 4 aromatic rings. The van der Waals surface area contributed by atoms with E-state index in [1.165, 1.54) is 6.33 Å². The minimum Gasteiger partial charge on any atom is -0.497 e. The third-order valence-corrected chi connectivity index (χ3v) is 4.05. The van der Waals surface area contributed by atoms with Gasteiger partial charge in [-0.15, -0.1) is 0 Å². The maximum Gasteiger partial charge on any atom is 0.186 e. The van der Waals surface area contributed by atoms with E-state index < -0.39 is 0 Å². The molecule has 0 atom stereocenters. The van der Waals surface area contributed by atoms with E-state index in [0.29, 0.717) is 16.5 Å². The fourth-order valence-corrected chi connectivity index (χ4v) is 2.81. The predicted molar refractivity (Wildman–Crippen MR) is 98.4 cm³/mol. The second kappa shape index (κ2) is 6.41. The van der Waals surface area contributed by atoms with E-state index in [1.807, 2.05) is 48.5 Å². The van der Waals surface area contributed by atoms with Gasteiger partial charge in [0.15, 0.2) is 5.65 Å². The van der Waals surface area contributed by atoms with Crippen molar-refractivity contribution in [3.8, 4) is 17.0 Å². The number of rotatable bonds is 4. The van der Waals surface area contributed by atoms with Gasteiger partial charge in [0.2, 0.25) is 0 Å². The van der Waals surface area contributed by atoms with Crippen LogP contribution in [0.5, 0.6) is 5.75 Å². The second-order valence-corrected chi connectivity index (χ2v) is 5.82. The summed E-state index contributed by atoms with van der Waals surface area (Å²) in [5.74, 6) is 1.45. The molecular formula is C18H14ClN5O. The van der Waals surface area contributed by atoms with Crippen LogP contribution in [-0.4, -0.2) is 27.3 Å². The van der Waals surface area contributed by atoms with Crippen LogP contribution in [0.4, 0.5) is 11.5 Å². The van der Waals surface area contributed by atoms with Crippen LogP contribution in [0.3, 0.4) is 0 Å². The standard InChI is InChI=1S/C18H14ClN5O/c1-25-14-7-5-11(6-8-14)16-15-17(20-10-21-18(15)24-23-16)22-13-4-2-3-12(19)9-13/h2-10H,1H3,(H2,20,21,22,23,24). The number of hydrogen-bond donors (Lipinski definition) is 2. The molecule has 2 aromatic carbocycles. The van der Waals surface area contributed by atoms with Crippen molar-refractivity contribution in [2.24, 2.45) is 0 Å². The van der Waals surface area contributed by atoms with Crippen LogP contribution in [0.15, 0.2) is 54.9 Å². The van der Waals surface area contributed by atoms with E-state index in [0.717, 1.165) is 28.1 Å². The van der Waals surface area contributed by atoms with Crippen molar-refractivity contribution < 1.29 is 4.74 Å². The fourth-order valence-electron chi connectivity index (χ4n) is 2.62. The van der Waals surface area contributed by atoms with Gasteiger partial charge in [-0.25, -0.2) is 9.97 Å². The highest BCUT2D eigenvalue weighted by Crippen LogP contribution is 2.32. The molecule has 0 aliphatic carbocycles. The number of nitrogens with zero attached hydrogens (tertiary/aromatic N) is 3. The van der Waals surface area contributed by atoms with Gasteiger partial charge in [-0.05, 0) is 42.5 Å². The highest BCUT2D eigenvalue weighted by Gasteiger charge is 2.14. The summed E-state index contributed by atoms with van der Waals surface area (Å²) in [6.45, 7) is 0. The molecule has 124 valence electrons. The molecule has 0 aliphatic heterocycles. The van der Waals surface area contributed by atoms with Crippen molar-refractivity contribution in [3.05, 3.63) is 59.9 Å². The van der Waals surface area contributed by atoms with Gasteiger partial charge in [-0.1, -0.05) is 17.7 Å². The number of hydrogen-bond acceptors (Lipinski definition) is 5. The normalized spacial score (nSPS) is 10.8. The van der Waals surface area contributed by atoms with Gasteiger partial charge in [-0.3, -0.25) is 5.10 Å². The number of benzene rings is 2. The summed E-state index contributed by atoms with van der Waals surface area (Å²) in [6.07, 6.45) is 1.48. The lowest BCUT2D eigenvalue weighted by Gasteiger charge is -2.08. The maximum absolute atomic E-state index is 6.06. The Kier molecular flexibility index (Phi) is 3.95. The van der Waals surface area contributed by atoms with Crippen molar-refractivity contribution in [2.75, 3.05) is 12.4 Å². The Morgan fingerprint density at radius 1 is 1.08 bits per heavy atom. The van der Waals surface area contributed by atoms with Gasteiger partial charge >= 0.3 is 0 Å². The fraction of sp³-hybridized carbons (Fsp3) is 0.0556. The quantitative estimate of drug-likeness (QED) is 0.569. The van der Waals surface area contributed by atoms with Gasteiger partial charge < -0.3 is 10.1 Å². The van der Waals surface area contributed by atoms with E-state index in [-0.39, 0.29) is 0 Å². The van der Waals surface area contributed by atoms with Crippen molar-refractivity contribution in [1.29, 1.82) is 0 Å². The largest absolute Gasteiger partial charge is 0.497 e. The molecule has 0 saturated heterocycles. The van der Waals surface area contributed by atoms with E-state index >= 15 is 0 Å². The number of ether oxygens (including phenoxy) is 1. The molecule has 0 saturated carbocycles. The van der Waals surface area contributed by atoms with E-state index in [2.05, 4.69) is 25.5 Å². The Hall–Kier alpha value is -3.12. The zero-order valence-corrected chi connectivity index (χ0v) is 14.1. The molecule has 2 heterocycles. The smallest absolute Gasteiger partial charge is 0.186 e. The van der Waals surface area contributed by atoms with Crippen molar-refractivity contribution >= 4 is 34.1 Å². The summed E-state index contributed by atoms with van der Waals surface area (Å²) >= 11 is 6.06. The lowest BCUT2D eigenvalue weighted by atomic mass is 10.1. The number of methoxy groups -OCH3 is 1. The topological polar surface area (TPSA) is 75.7 Å². The Labute approximate surface area is 148 Å². The average Bonchev–Trinajstić information content (AvgIpc) is 3.07. The molecule has 0 unspecified atom stereocenters. The zero-order valence-electron chi connectivity index (χ0n) is 13.3. The Morgan fingerprint density at radius 3 is 2.68 bits per heavy atom. The molecule has 4 rings (SSSR count). The average molecular weight is 352 g/mol. The van der Waals surface area contributed by atoms with Gasteiger partial charge in [0.05, 0.1) is 18.2 Å². The summed E-state index contributed by atoms with van der Waals surface area (Å²) in [5, 5.41) is 12.1. The number of nitrogens with one attached hydrogen (secondary N) is 2. The SMILES string of the molecule is COc1ccc(-c2[nH]nc3ncnc(Nc4cccc(Cl)c4)c23)cc1. The van der Waals surface area contributed by atoms with Gasteiger partial charge in [0.1, 0.15) is 17.9 Å². The molecule has 0 amide bonds. The molecular weight excluding hydrogens is 338 g/mol. The third-order valence-electron chi connectivity index (χ3n) is 3.82. The first-order valence-corrected chi connectivity index (χ1v) is 7.98. The minimum absolute atomic E-state index is 0.588.